The molecule has 0 aromatic rings. The van der Waals surface area contributed by atoms with Crippen LogP contribution in [-0.2, 0) is 4.74 Å². The van der Waals surface area contributed by atoms with Crippen molar-refractivity contribution < 1.29 is 4.74 Å². The first-order valence-corrected chi connectivity index (χ1v) is 15.9. The van der Waals surface area contributed by atoms with Crippen molar-refractivity contribution in [1.82, 2.24) is 0 Å². The van der Waals surface area contributed by atoms with Gasteiger partial charge in [-0.15, -0.1) is 0 Å². The summed E-state index contributed by atoms with van der Waals surface area (Å²) in [6.07, 6.45) is 28.1. The van der Waals surface area contributed by atoms with E-state index >= 15 is 0 Å². The fourth-order valence-corrected chi connectivity index (χ4v) is 8.37. The molecule has 2 atom stereocenters. The van der Waals surface area contributed by atoms with Gasteiger partial charge in [0.2, 0.25) is 0 Å². The zero-order valence-corrected chi connectivity index (χ0v) is 23.9. The van der Waals surface area contributed by atoms with Gasteiger partial charge in [-0.2, -0.15) is 0 Å². The Balaban J connectivity index is 1.09. The molecule has 0 saturated heterocycles. The minimum Gasteiger partial charge on any atom is -0.373 e. The minimum atomic E-state index is 0.877. The molecule has 0 amide bonds. The third-order valence-corrected chi connectivity index (χ3v) is 10.4. The summed E-state index contributed by atoms with van der Waals surface area (Å²) in [7, 11) is 0. The number of hydrogen-bond donors (Lipinski definition) is 0. The van der Waals surface area contributed by atoms with Crippen LogP contribution in [0.1, 0.15) is 130 Å². The van der Waals surface area contributed by atoms with Gasteiger partial charge in [0.1, 0.15) is 0 Å². The lowest BCUT2D eigenvalue weighted by Gasteiger charge is -2.36. The van der Waals surface area contributed by atoms with Crippen LogP contribution >= 0.6 is 0 Å². The zero-order valence-electron chi connectivity index (χ0n) is 23.9. The average Bonchev–Trinajstić information content (AvgIpc) is 2.85. The van der Waals surface area contributed by atoms with Gasteiger partial charge in [-0.3, -0.25) is 0 Å². The molecule has 0 N–H and O–H groups in total. The van der Waals surface area contributed by atoms with Gasteiger partial charge in [0, 0.05) is 0 Å². The average molecular weight is 483 g/mol. The highest BCUT2D eigenvalue weighted by molar-refractivity contribution is 5.10. The standard InChI is InChI=1S/C34H58O/c1-25(2)21-27-5-13-31(14-6-27)33-17-9-29(10-18-33)23-35-24-30-11-19-34(20-12-30)32-15-7-28(8-16-32)22-26(3)4/h9,11,25-28,31-34H,5-8,10,12-24H2,1-4H3. The van der Waals surface area contributed by atoms with E-state index in [0.717, 1.165) is 60.6 Å². The van der Waals surface area contributed by atoms with Gasteiger partial charge in [-0.1, -0.05) is 65.5 Å². The van der Waals surface area contributed by atoms with Gasteiger partial charge >= 0.3 is 0 Å². The van der Waals surface area contributed by atoms with Gasteiger partial charge in [0.25, 0.3) is 0 Å². The number of ether oxygens (including phenoxy) is 1. The SMILES string of the molecule is CC(C)CC1CCC(C2CC=C(COCC3=CCC(C4CCC(CC(C)C)CC4)CC3)CC2)CC1. The zero-order chi connectivity index (χ0) is 24.6. The topological polar surface area (TPSA) is 9.23 Å². The normalized spacial score (nSPS) is 34.7. The molecule has 200 valence electrons. The smallest absolute Gasteiger partial charge is 0.0681 e. The van der Waals surface area contributed by atoms with E-state index in [4.69, 9.17) is 4.74 Å². The molecule has 0 aliphatic heterocycles. The molecule has 4 aliphatic rings. The highest BCUT2D eigenvalue weighted by atomic mass is 16.5. The summed E-state index contributed by atoms with van der Waals surface area (Å²) < 4.78 is 6.24. The van der Waals surface area contributed by atoms with Crippen molar-refractivity contribution in [2.75, 3.05) is 13.2 Å². The second kappa shape index (κ2) is 13.8. The second-order valence-corrected chi connectivity index (χ2v) is 14.1. The molecule has 4 aliphatic carbocycles. The van der Waals surface area contributed by atoms with Crippen LogP contribution in [0.15, 0.2) is 23.3 Å². The largest absolute Gasteiger partial charge is 0.373 e. The monoisotopic (exact) mass is 482 g/mol. The summed E-state index contributed by atoms with van der Waals surface area (Å²) in [5.41, 5.74) is 3.17. The Kier molecular flexibility index (Phi) is 10.9. The summed E-state index contributed by atoms with van der Waals surface area (Å²) in [6, 6.07) is 0. The van der Waals surface area contributed by atoms with Crippen LogP contribution in [0.25, 0.3) is 0 Å². The van der Waals surface area contributed by atoms with Gasteiger partial charge < -0.3 is 4.74 Å². The van der Waals surface area contributed by atoms with Crippen molar-refractivity contribution in [3.63, 3.8) is 0 Å². The van der Waals surface area contributed by atoms with Gasteiger partial charge in [0.15, 0.2) is 0 Å². The van der Waals surface area contributed by atoms with Crippen LogP contribution in [-0.4, -0.2) is 13.2 Å². The predicted octanol–water partition coefficient (Wildman–Crippen LogP) is 10.2. The molecular weight excluding hydrogens is 424 g/mol. The van der Waals surface area contributed by atoms with Crippen molar-refractivity contribution in [1.29, 1.82) is 0 Å². The lowest BCUT2D eigenvalue weighted by Crippen LogP contribution is -2.24. The van der Waals surface area contributed by atoms with Crippen LogP contribution in [0, 0.1) is 47.3 Å². The summed E-state index contributed by atoms with van der Waals surface area (Å²) in [5.74, 6) is 7.70. The maximum atomic E-state index is 6.24. The Morgan fingerprint density at radius 1 is 0.571 bits per heavy atom. The maximum Gasteiger partial charge on any atom is 0.0681 e. The molecule has 2 unspecified atom stereocenters. The van der Waals surface area contributed by atoms with Gasteiger partial charge in [-0.05, 0) is 136 Å². The molecule has 1 nitrogen and oxygen atoms in total. The first-order valence-electron chi connectivity index (χ1n) is 15.9. The van der Waals surface area contributed by atoms with Crippen LogP contribution < -0.4 is 0 Å². The number of rotatable bonds is 10. The lowest BCUT2D eigenvalue weighted by molar-refractivity contribution is 0.152. The summed E-state index contributed by atoms with van der Waals surface area (Å²) in [5, 5.41) is 0. The third kappa shape index (κ3) is 8.76. The number of allylic oxidation sites excluding steroid dienone is 2. The first kappa shape index (κ1) is 27.5. The van der Waals surface area contributed by atoms with Crippen molar-refractivity contribution in [3.8, 4) is 0 Å². The molecule has 0 heterocycles. The van der Waals surface area contributed by atoms with Crippen LogP contribution in [0.5, 0.6) is 0 Å². The summed E-state index contributed by atoms with van der Waals surface area (Å²) >= 11 is 0. The van der Waals surface area contributed by atoms with Crippen LogP contribution in [0.3, 0.4) is 0 Å². The number of hydrogen-bond acceptors (Lipinski definition) is 1. The molecule has 2 saturated carbocycles. The Hall–Kier alpha value is -0.560. The second-order valence-electron chi connectivity index (χ2n) is 14.1. The Morgan fingerprint density at radius 2 is 0.971 bits per heavy atom. The highest BCUT2D eigenvalue weighted by Crippen LogP contribution is 2.42. The molecule has 0 aromatic carbocycles. The molecule has 0 bridgehead atoms. The molecule has 0 spiro atoms. The van der Waals surface area contributed by atoms with Crippen LogP contribution in [0.4, 0.5) is 0 Å². The van der Waals surface area contributed by atoms with E-state index in [1.807, 2.05) is 0 Å². The Morgan fingerprint density at radius 3 is 1.29 bits per heavy atom. The Bertz CT molecular complexity index is 611. The first-order chi connectivity index (χ1) is 17.0. The molecular formula is C34H58O. The van der Waals surface area contributed by atoms with Crippen molar-refractivity contribution in [2.45, 2.75) is 130 Å². The van der Waals surface area contributed by atoms with Crippen molar-refractivity contribution in [2.24, 2.45) is 47.3 Å². The van der Waals surface area contributed by atoms with E-state index in [1.54, 1.807) is 11.1 Å². The molecule has 2 fully saturated rings. The van der Waals surface area contributed by atoms with E-state index in [9.17, 15) is 0 Å². The van der Waals surface area contributed by atoms with E-state index in [2.05, 4.69) is 39.8 Å². The van der Waals surface area contributed by atoms with E-state index in [-0.39, 0.29) is 0 Å². The van der Waals surface area contributed by atoms with Crippen molar-refractivity contribution in [3.05, 3.63) is 23.3 Å². The molecule has 0 radical (unpaired) electrons. The summed E-state index contributed by atoms with van der Waals surface area (Å²) in [6.45, 7) is 11.3. The lowest BCUT2D eigenvalue weighted by atomic mass is 9.70. The van der Waals surface area contributed by atoms with Gasteiger partial charge in [0.05, 0.1) is 13.2 Å². The minimum absolute atomic E-state index is 0.877. The van der Waals surface area contributed by atoms with E-state index in [0.29, 0.717) is 0 Å². The van der Waals surface area contributed by atoms with E-state index < -0.39 is 0 Å². The van der Waals surface area contributed by atoms with Gasteiger partial charge in [-0.25, -0.2) is 0 Å². The Labute approximate surface area is 218 Å². The maximum absolute atomic E-state index is 6.24. The van der Waals surface area contributed by atoms with Crippen molar-refractivity contribution >= 4 is 0 Å². The van der Waals surface area contributed by atoms with Crippen LogP contribution in [0.2, 0.25) is 0 Å². The highest BCUT2D eigenvalue weighted by Gasteiger charge is 2.30. The quantitative estimate of drug-likeness (QED) is 0.281. The molecule has 1 heteroatoms. The van der Waals surface area contributed by atoms with E-state index in [1.165, 1.54) is 103 Å². The molecule has 4 rings (SSSR count). The fraction of sp³-hybridized carbons (Fsp3) is 0.882. The fourth-order valence-electron chi connectivity index (χ4n) is 8.37. The molecule has 35 heavy (non-hydrogen) atoms. The predicted molar refractivity (Wildman–Crippen MR) is 151 cm³/mol. The third-order valence-electron chi connectivity index (χ3n) is 10.4. The molecule has 0 aromatic heterocycles. The summed E-state index contributed by atoms with van der Waals surface area (Å²) in [4.78, 5) is 0.